The van der Waals surface area contributed by atoms with Crippen LogP contribution in [0.15, 0.2) is 24.3 Å². The zero-order valence-corrected chi connectivity index (χ0v) is 21.7. The maximum absolute atomic E-state index is 13.0. The molecule has 7 heteroatoms. The lowest BCUT2D eigenvalue weighted by atomic mass is 9.73. The molecule has 194 valence electrons. The SMILES string of the molecule is CCC[SiH]1CCC(C2CCC(CCCCc3ccc(OCC(F)(F)C(F)(F)F)cc3)CC2)CC1. The monoisotopic (exact) mass is 504 g/mol. The van der Waals surface area contributed by atoms with Crippen LogP contribution in [0.1, 0.15) is 76.7 Å². The molecule has 3 rings (SSSR count). The van der Waals surface area contributed by atoms with Crippen LogP contribution in [0.5, 0.6) is 5.75 Å². The van der Waals surface area contributed by atoms with Gasteiger partial charge in [-0.3, -0.25) is 0 Å². The molecule has 0 spiro atoms. The van der Waals surface area contributed by atoms with Crippen molar-refractivity contribution in [2.45, 2.75) is 108 Å². The Hall–Kier alpha value is -1.11. The zero-order valence-electron chi connectivity index (χ0n) is 20.5. The fraction of sp³-hybridized carbons (Fsp3) is 0.778. The van der Waals surface area contributed by atoms with E-state index in [1.54, 1.807) is 30.3 Å². The molecule has 1 aliphatic carbocycles. The minimum atomic E-state index is -5.60. The van der Waals surface area contributed by atoms with Crippen LogP contribution in [0.25, 0.3) is 0 Å². The van der Waals surface area contributed by atoms with Gasteiger partial charge in [-0.2, -0.15) is 22.0 Å². The number of benzene rings is 1. The highest BCUT2D eigenvalue weighted by Gasteiger charge is 2.58. The van der Waals surface area contributed by atoms with Crippen LogP contribution in [-0.4, -0.2) is 27.5 Å². The number of hydrogen-bond donors (Lipinski definition) is 0. The van der Waals surface area contributed by atoms with Crippen molar-refractivity contribution in [1.29, 1.82) is 0 Å². The van der Waals surface area contributed by atoms with Gasteiger partial charge in [0, 0.05) is 8.80 Å². The lowest BCUT2D eigenvalue weighted by Gasteiger charge is -2.37. The van der Waals surface area contributed by atoms with Gasteiger partial charge in [0.15, 0.2) is 6.61 Å². The van der Waals surface area contributed by atoms with Crippen molar-refractivity contribution in [1.82, 2.24) is 0 Å². The molecule has 2 fully saturated rings. The predicted octanol–water partition coefficient (Wildman–Crippen LogP) is 8.83. The Morgan fingerprint density at radius 2 is 1.47 bits per heavy atom. The summed E-state index contributed by atoms with van der Waals surface area (Å²) in [5, 5.41) is 0. The largest absolute Gasteiger partial charge is 0.487 e. The lowest BCUT2D eigenvalue weighted by Crippen LogP contribution is -2.41. The molecular weight excluding hydrogens is 463 g/mol. The number of rotatable bonds is 11. The van der Waals surface area contributed by atoms with E-state index in [9.17, 15) is 22.0 Å². The second-order valence-electron chi connectivity index (χ2n) is 10.7. The van der Waals surface area contributed by atoms with E-state index in [1.165, 1.54) is 69.9 Å². The zero-order chi connectivity index (χ0) is 24.6. The molecule has 0 aromatic heterocycles. The summed E-state index contributed by atoms with van der Waals surface area (Å²) in [6.07, 6.45) is 8.83. The first-order valence-electron chi connectivity index (χ1n) is 13.3. The van der Waals surface area contributed by atoms with Crippen LogP contribution in [0.4, 0.5) is 22.0 Å². The van der Waals surface area contributed by atoms with Crippen LogP contribution in [-0.2, 0) is 6.42 Å². The van der Waals surface area contributed by atoms with Crippen molar-refractivity contribution < 1.29 is 26.7 Å². The molecule has 34 heavy (non-hydrogen) atoms. The van der Waals surface area contributed by atoms with E-state index in [2.05, 4.69) is 11.7 Å². The third-order valence-electron chi connectivity index (χ3n) is 8.23. The molecule has 0 N–H and O–H groups in total. The summed E-state index contributed by atoms with van der Waals surface area (Å²) in [6.45, 7) is 0.642. The van der Waals surface area contributed by atoms with Crippen LogP contribution in [0.3, 0.4) is 0 Å². The third kappa shape index (κ3) is 8.23. The van der Waals surface area contributed by atoms with E-state index >= 15 is 0 Å². The predicted molar refractivity (Wildman–Crippen MR) is 131 cm³/mol. The molecule has 1 heterocycles. The molecule has 0 atom stereocenters. The van der Waals surface area contributed by atoms with Crippen LogP contribution in [0.2, 0.25) is 18.1 Å². The molecule has 0 radical (unpaired) electrons. The van der Waals surface area contributed by atoms with Gasteiger partial charge in [-0.15, -0.1) is 0 Å². The van der Waals surface area contributed by atoms with Gasteiger partial charge < -0.3 is 4.74 Å². The second kappa shape index (κ2) is 12.7. The molecule has 1 aromatic rings. The Labute approximate surface area is 203 Å². The van der Waals surface area contributed by atoms with E-state index in [-0.39, 0.29) is 14.5 Å². The molecule has 1 aromatic carbocycles. The van der Waals surface area contributed by atoms with Crippen molar-refractivity contribution in [2.24, 2.45) is 17.8 Å². The van der Waals surface area contributed by atoms with Gasteiger partial charge in [-0.1, -0.05) is 82.1 Å². The third-order valence-corrected chi connectivity index (χ3v) is 11.9. The summed E-state index contributed by atoms with van der Waals surface area (Å²) in [5.74, 6) is -1.97. The maximum atomic E-state index is 13.0. The second-order valence-corrected chi connectivity index (χ2v) is 14.2. The average Bonchev–Trinajstić information content (AvgIpc) is 2.82. The Balaban J connectivity index is 1.28. The summed E-state index contributed by atoms with van der Waals surface area (Å²) in [5.41, 5.74) is 1.06. The first-order chi connectivity index (χ1) is 16.2. The number of halogens is 5. The van der Waals surface area contributed by atoms with Crippen LogP contribution in [0, 0.1) is 17.8 Å². The first kappa shape index (κ1) is 27.5. The lowest BCUT2D eigenvalue weighted by molar-refractivity contribution is -0.290. The van der Waals surface area contributed by atoms with Crippen LogP contribution < -0.4 is 4.74 Å². The summed E-state index contributed by atoms with van der Waals surface area (Å²) in [6, 6.07) is 11.2. The fourth-order valence-corrected chi connectivity index (χ4v) is 9.56. The Morgan fingerprint density at radius 3 is 2.06 bits per heavy atom. The van der Waals surface area contributed by atoms with Crippen molar-refractivity contribution in [3.63, 3.8) is 0 Å². The molecule has 2 aliphatic rings. The molecular formula is C27H41F5OSi. The minimum absolute atomic E-state index is 0.0330. The van der Waals surface area contributed by atoms with Gasteiger partial charge in [0.25, 0.3) is 0 Å². The van der Waals surface area contributed by atoms with E-state index in [4.69, 9.17) is 0 Å². The van der Waals surface area contributed by atoms with Gasteiger partial charge in [-0.05, 0) is 61.1 Å². The molecule has 0 bridgehead atoms. The molecule has 1 aliphatic heterocycles. The molecule has 0 amide bonds. The van der Waals surface area contributed by atoms with Gasteiger partial charge >= 0.3 is 12.1 Å². The van der Waals surface area contributed by atoms with E-state index in [1.807, 2.05) is 0 Å². The molecule has 1 saturated heterocycles. The van der Waals surface area contributed by atoms with Gasteiger partial charge in [0.1, 0.15) is 5.75 Å². The molecule has 1 nitrogen and oxygen atoms in total. The van der Waals surface area contributed by atoms with Gasteiger partial charge in [0.2, 0.25) is 0 Å². The summed E-state index contributed by atoms with van der Waals surface area (Å²) in [7, 11) is -0.375. The van der Waals surface area contributed by atoms with Crippen molar-refractivity contribution >= 4 is 8.80 Å². The number of unbranched alkanes of at least 4 members (excludes halogenated alkanes) is 1. The topological polar surface area (TPSA) is 9.23 Å². The highest BCUT2D eigenvalue weighted by molar-refractivity contribution is 6.58. The Morgan fingerprint density at radius 1 is 0.853 bits per heavy atom. The van der Waals surface area contributed by atoms with E-state index in [0.717, 1.165) is 36.2 Å². The van der Waals surface area contributed by atoms with E-state index in [0.29, 0.717) is 0 Å². The number of aryl methyl sites for hydroxylation is 1. The maximum Gasteiger partial charge on any atom is 0.456 e. The Kier molecular flexibility index (Phi) is 10.3. The minimum Gasteiger partial charge on any atom is -0.487 e. The summed E-state index contributed by atoms with van der Waals surface area (Å²) < 4.78 is 67.2. The van der Waals surface area contributed by atoms with Gasteiger partial charge in [0.05, 0.1) is 0 Å². The quantitative estimate of drug-likeness (QED) is 0.166. The first-order valence-corrected chi connectivity index (χ1v) is 15.8. The average molecular weight is 505 g/mol. The van der Waals surface area contributed by atoms with Crippen LogP contribution >= 0.6 is 0 Å². The van der Waals surface area contributed by atoms with Crippen molar-refractivity contribution in [3.8, 4) is 5.75 Å². The summed E-state index contributed by atoms with van der Waals surface area (Å²) >= 11 is 0. The van der Waals surface area contributed by atoms with E-state index < -0.39 is 18.7 Å². The summed E-state index contributed by atoms with van der Waals surface area (Å²) in [4.78, 5) is 0. The molecule has 1 saturated carbocycles. The van der Waals surface area contributed by atoms with Crippen molar-refractivity contribution in [3.05, 3.63) is 29.8 Å². The standard InChI is InChI=1S/C27H41F5OSi/c1-2-17-34-18-15-24(16-19-34)23-11-7-21(8-12-23)5-3-4-6-22-9-13-25(14-10-22)33-20-26(28,29)27(30,31)32/h9-10,13-14,21,23-24,34H,2-8,11-12,15-20H2,1H3. The van der Waals surface area contributed by atoms with Gasteiger partial charge in [-0.25, -0.2) is 0 Å². The Bertz CT molecular complexity index is 705. The van der Waals surface area contributed by atoms with Crippen molar-refractivity contribution in [2.75, 3.05) is 6.61 Å². The highest BCUT2D eigenvalue weighted by atomic mass is 28.3. The number of ether oxygens (including phenoxy) is 1. The molecule has 0 unspecified atom stereocenters. The smallest absolute Gasteiger partial charge is 0.456 e. The highest BCUT2D eigenvalue weighted by Crippen LogP contribution is 2.42. The fourth-order valence-electron chi connectivity index (χ4n) is 6.08. The number of alkyl halides is 5. The normalized spacial score (nSPS) is 26.4. The number of hydrogen-bond acceptors (Lipinski definition) is 1.